The zero-order chi connectivity index (χ0) is 14.6. The minimum atomic E-state index is -0.267. The first-order chi connectivity index (χ1) is 9.63. The van der Waals surface area contributed by atoms with Crippen LogP contribution in [0, 0.1) is 0 Å². The van der Waals surface area contributed by atoms with Crippen molar-refractivity contribution in [2.75, 3.05) is 24.7 Å². The molecule has 0 radical (unpaired) electrons. The maximum absolute atomic E-state index is 12.1. The summed E-state index contributed by atoms with van der Waals surface area (Å²) < 4.78 is 10.1. The van der Waals surface area contributed by atoms with Crippen LogP contribution in [0.2, 0.25) is 0 Å². The lowest BCUT2D eigenvalue weighted by molar-refractivity contribution is -0.142. The predicted octanol–water partition coefficient (Wildman–Crippen LogP) is 2.77. The predicted molar refractivity (Wildman–Crippen MR) is 81.8 cm³/mol. The molecule has 0 bridgehead atoms. The molecule has 1 saturated heterocycles. The molecule has 1 aliphatic carbocycles. The van der Waals surface area contributed by atoms with Gasteiger partial charge < -0.3 is 9.47 Å². The Kier molecular flexibility index (Phi) is 5.43. The molecule has 20 heavy (non-hydrogen) atoms. The van der Waals surface area contributed by atoms with Crippen LogP contribution in [-0.4, -0.2) is 40.7 Å². The number of ether oxygens (including phenoxy) is 2. The highest BCUT2D eigenvalue weighted by molar-refractivity contribution is 8.21. The summed E-state index contributed by atoms with van der Waals surface area (Å²) in [6.07, 6.45) is 1.82. The van der Waals surface area contributed by atoms with Gasteiger partial charge in [0.05, 0.1) is 23.7 Å². The Morgan fingerprint density at radius 1 is 1.15 bits per heavy atom. The molecule has 0 atom stereocenters. The topological polar surface area (TPSA) is 52.6 Å². The SMILES string of the molecule is CCOC(=O)CC1=C(C(=O)OCC)CCC12SCCS2. The number of carbonyl (C=O) groups is 2. The van der Waals surface area contributed by atoms with E-state index in [1.54, 1.807) is 13.8 Å². The zero-order valence-corrected chi connectivity index (χ0v) is 13.5. The van der Waals surface area contributed by atoms with Crippen LogP contribution in [-0.2, 0) is 19.1 Å². The molecule has 2 rings (SSSR count). The Labute approximate surface area is 128 Å². The van der Waals surface area contributed by atoms with E-state index in [2.05, 4.69) is 0 Å². The lowest BCUT2D eigenvalue weighted by Crippen LogP contribution is -2.21. The standard InChI is InChI=1S/C14H20O4S2/c1-3-17-12(15)9-11-10(13(16)18-4-2)5-6-14(11)19-7-8-20-14/h3-9H2,1-2H3. The molecule has 0 aromatic rings. The van der Waals surface area contributed by atoms with E-state index in [0.29, 0.717) is 25.2 Å². The Morgan fingerprint density at radius 2 is 1.80 bits per heavy atom. The highest BCUT2D eigenvalue weighted by atomic mass is 32.2. The number of rotatable bonds is 5. The fourth-order valence-electron chi connectivity index (χ4n) is 2.64. The average Bonchev–Trinajstić information content (AvgIpc) is 3.00. The fraction of sp³-hybridized carbons (Fsp3) is 0.714. The van der Waals surface area contributed by atoms with Crippen LogP contribution in [0.25, 0.3) is 0 Å². The van der Waals surface area contributed by atoms with Crippen LogP contribution in [0.5, 0.6) is 0 Å². The van der Waals surface area contributed by atoms with E-state index in [0.717, 1.165) is 23.5 Å². The zero-order valence-electron chi connectivity index (χ0n) is 11.9. The quantitative estimate of drug-likeness (QED) is 0.727. The first-order valence-corrected chi connectivity index (χ1v) is 8.93. The van der Waals surface area contributed by atoms with E-state index >= 15 is 0 Å². The molecule has 0 unspecified atom stereocenters. The minimum absolute atomic E-state index is 0.102. The third-order valence-corrected chi connectivity index (χ3v) is 7.05. The molecular weight excluding hydrogens is 296 g/mol. The van der Waals surface area contributed by atoms with Crippen molar-refractivity contribution in [2.24, 2.45) is 0 Å². The molecule has 1 spiro atoms. The van der Waals surface area contributed by atoms with Crippen LogP contribution >= 0.6 is 23.5 Å². The van der Waals surface area contributed by atoms with Gasteiger partial charge in [-0.05, 0) is 32.3 Å². The normalized spacial score (nSPS) is 20.5. The summed E-state index contributed by atoms with van der Waals surface area (Å²) in [4.78, 5) is 23.9. The van der Waals surface area contributed by atoms with Crippen molar-refractivity contribution in [2.45, 2.75) is 37.2 Å². The maximum Gasteiger partial charge on any atom is 0.334 e. The van der Waals surface area contributed by atoms with E-state index < -0.39 is 0 Å². The summed E-state index contributed by atoms with van der Waals surface area (Å²) in [6, 6.07) is 0. The van der Waals surface area contributed by atoms with Crippen LogP contribution in [0.4, 0.5) is 0 Å². The minimum Gasteiger partial charge on any atom is -0.466 e. The van der Waals surface area contributed by atoms with Crippen LogP contribution in [0.1, 0.15) is 33.1 Å². The monoisotopic (exact) mass is 316 g/mol. The van der Waals surface area contributed by atoms with E-state index in [9.17, 15) is 9.59 Å². The number of hydrogen-bond acceptors (Lipinski definition) is 6. The van der Waals surface area contributed by atoms with Gasteiger partial charge in [-0.1, -0.05) is 0 Å². The highest BCUT2D eigenvalue weighted by Crippen LogP contribution is 2.58. The second-order valence-electron chi connectivity index (χ2n) is 4.61. The summed E-state index contributed by atoms with van der Waals surface area (Å²) in [5.41, 5.74) is 1.63. The van der Waals surface area contributed by atoms with Gasteiger partial charge in [-0.3, -0.25) is 4.79 Å². The van der Waals surface area contributed by atoms with Gasteiger partial charge in [0, 0.05) is 17.1 Å². The van der Waals surface area contributed by atoms with Gasteiger partial charge in [-0.25, -0.2) is 4.79 Å². The second-order valence-corrected chi connectivity index (χ2v) is 7.66. The fourth-order valence-corrected chi connectivity index (χ4v) is 6.03. The molecule has 1 heterocycles. The molecule has 0 N–H and O–H groups in total. The van der Waals surface area contributed by atoms with Gasteiger partial charge in [0.1, 0.15) is 0 Å². The largest absolute Gasteiger partial charge is 0.466 e. The van der Waals surface area contributed by atoms with Crippen LogP contribution < -0.4 is 0 Å². The van der Waals surface area contributed by atoms with Crippen LogP contribution in [0.3, 0.4) is 0 Å². The second kappa shape index (κ2) is 6.89. The van der Waals surface area contributed by atoms with Crippen LogP contribution in [0.15, 0.2) is 11.1 Å². The van der Waals surface area contributed by atoms with Crippen molar-refractivity contribution in [1.29, 1.82) is 0 Å². The van der Waals surface area contributed by atoms with E-state index in [4.69, 9.17) is 9.47 Å². The summed E-state index contributed by atoms with van der Waals surface area (Å²) in [6.45, 7) is 4.33. The molecule has 112 valence electrons. The van der Waals surface area contributed by atoms with Crippen molar-refractivity contribution in [3.63, 3.8) is 0 Å². The highest BCUT2D eigenvalue weighted by Gasteiger charge is 2.47. The van der Waals surface area contributed by atoms with Crippen molar-refractivity contribution >= 4 is 35.5 Å². The Morgan fingerprint density at radius 3 is 2.40 bits per heavy atom. The van der Waals surface area contributed by atoms with Crippen molar-refractivity contribution in [3.05, 3.63) is 11.1 Å². The first kappa shape index (κ1) is 15.8. The summed E-state index contributed by atoms with van der Waals surface area (Å²) in [7, 11) is 0. The van der Waals surface area contributed by atoms with Crippen molar-refractivity contribution < 1.29 is 19.1 Å². The Hall–Kier alpha value is -0.620. The molecule has 0 amide bonds. The third-order valence-electron chi connectivity index (χ3n) is 3.43. The number of hydrogen-bond donors (Lipinski definition) is 0. The Balaban J connectivity index is 2.25. The van der Waals surface area contributed by atoms with Crippen molar-refractivity contribution in [3.8, 4) is 0 Å². The summed E-state index contributed by atoms with van der Waals surface area (Å²) in [5, 5.41) is 0. The molecular formula is C14H20O4S2. The van der Waals surface area contributed by atoms with E-state index in [-0.39, 0.29) is 22.4 Å². The third kappa shape index (κ3) is 3.17. The molecule has 1 aliphatic heterocycles. The molecule has 1 fully saturated rings. The number of thioether (sulfide) groups is 2. The smallest absolute Gasteiger partial charge is 0.334 e. The number of esters is 2. The van der Waals surface area contributed by atoms with Gasteiger partial charge >= 0.3 is 11.9 Å². The Bertz CT molecular complexity index is 425. The summed E-state index contributed by atoms with van der Waals surface area (Å²) in [5.74, 6) is 1.61. The average molecular weight is 316 g/mol. The van der Waals surface area contributed by atoms with Gasteiger partial charge in [-0.2, -0.15) is 0 Å². The molecule has 2 aliphatic rings. The molecule has 0 saturated carbocycles. The van der Waals surface area contributed by atoms with Gasteiger partial charge in [-0.15, -0.1) is 23.5 Å². The van der Waals surface area contributed by atoms with Gasteiger partial charge in [0.25, 0.3) is 0 Å². The van der Waals surface area contributed by atoms with E-state index in [1.165, 1.54) is 0 Å². The maximum atomic E-state index is 12.1. The lowest BCUT2D eigenvalue weighted by atomic mass is 10.1. The lowest BCUT2D eigenvalue weighted by Gasteiger charge is -2.25. The molecule has 4 nitrogen and oxygen atoms in total. The molecule has 6 heteroatoms. The van der Waals surface area contributed by atoms with Gasteiger partial charge in [0.15, 0.2) is 0 Å². The van der Waals surface area contributed by atoms with Gasteiger partial charge in [0.2, 0.25) is 0 Å². The van der Waals surface area contributed by atoms with Crippen molar-refractivity contribution in [1.82, 2.24) is 0 Å². The first-order valence-electron chi connectivity index (χ1n) is 6.96. The summed E-state index contributed by atoms with van der Waals surface area (Å²) >= 11 is 3.70. The molecule has 0 aromatic heterocycles. The van der Waals surface area contributed by atoms with E-state index in [1.807, 2.05) is 23.5 Å². The number of carbonyl (C=O) groups excluding carboxylic acids is 2. The molecule has 0 aromatic carbocycles.